The second-order valence-corrected chi connectivity index (χ2v) is 2.87. The minimum Gasteiger partial charge on any atom is -0.340 e. The van der Waals surface area contributed by atoms with Crippen LogP contribution in [0.4, 0.5) is 5.82 Å². The predicted octanol–water partition coefficient (Wildman–Crippen LogP) is 2.59. The number of benzene rings is 1. The summed E-state index contributed by atoms with van der Waals surface area (Å²) in [6, 6.07) is 10.2. The Morgan fingerprint density at radius 1 is 1.38 bits per heavy atom. The van der Waals surface area contributed by atoms with Crippen molar-refractivity contribution in [3.63, 3.8) is 0 Å². The maximum absolute atomic E-state index is 4.29. The highest BCUT2D eigenvalue weighted by Gasteiger charge is 1.98. The van der Waals surface area contributed by atoms with Crippen molar-refractivity contribution in [2.24, 2.45) is 0 Å². The van der Waals surface area contributed by atoms with Gasteiger partial charge in [-0.15, -0.1) is 6.58 Å². The van der Waals surface area contributed by atoms with Crippen LogP contribution in [0.15, 0.2) is 43.0 Å². The van der Waals surface area contributed by atoms with Gasteiger partial charge in [-0.05, 0) is 12.1 Å². The zero-order valence-corrected chi connectivity index (χ0v) is 7.33. The van der Waals surface area contributed by atoms with Crippen LogP contribution in [-0.4, -0.2) is 11.5 Å². The SMILES string of the molecule is C=CC[N]c1cc2ccccc2[nH]1. The van der Waals surface area contributed by atoms with E-state index >= 15 is 0 Å². The molecule has 65 valence electrons. The monoisotopic (exact) mass is 171 g/mol. The number of para-hydroxylation sites is 1. The second-order valence-electron chi connectivity index (χ2n) is 2.87. The van der Waals surface area contributed by atoms with Crippen LogP contribution in [0.3, 0.4) is 0 Å². The van der Waals surface area contributed by atoms with Gasteiger partial charge in [0.1, 0.15) is 5.82 Å². The molecule has 0 spiro atoms. The molecular weight excluding hydrogens is 160 g/mol. The van der Waals surface area contributed by atoms with Gasteiger partial charge in [0.05, 0.1) is 6.54 Å². The number of aromatic nitrogens is 1. The second kappa shape index (κ2) is 3.35. The van der Waals surface area contributed by atoms with Gasteiger partial charge in [-0.3, -0.25) is 5.32 Å². The van der Waals surface area contributed by atoms with E-state index in [1.165, 1.54) is 5.39 Å². The van der Waals surface area contributed by atoms with Crippen molar-refractivity contribution < 1.29 is 0 Å². The highest BCUT2D eigenvalue weighted by atomic mass is 15.0. The smallest absolute Gasteiger partial charge is 0.126 e. The van der Waals surface area contributed by atoms with Crippen LogP contribution in [-0.2, 0) is 0 Å². The predicted molar refractivity (Wildman–Crippen MR) is 55.2 cm³/mol. The van der Waals surface area contributed by atoms with Gasteiger partial charge in [-0.2, -0.15) is 0 Å². The lowest BCUT2D eigenvalue weighted by atomic mass is 10.2. The molecule has 1 radical (unpaired) electrons. The quantitative estimate of drug-likeness (QED) is 0.688. The van der Waals surface area contributed by atoms with Gasteiger partial charge < -0.3 is 4.98 Å². The Kier molecular flexibility index (Phi) is 2.04. The fourth-order valence-electron chi connectivity index (χ4n) is 1.31. The minimum absolute atomic E-state index is 0.660. The summed E-state index contributed by atoms with van der Waals surface area (Å²) in [7, 11) is 0. The lowest BCUT2D eigenvalue weighted by Gasteiger charge is -1.92. The number of fused-ring (bicyclic) bond motifs is 1. The molecule has 0 saturated carbocycles. The standard InChI is InChI=1S/C11H11N2/c1-2-7-12-11-8-9-5-3-4-6-10(9)13-11/h2-6,8,13H,1,7H2. The Bertz CT molecular complexity index is 382. The summed E-state index contributed by atoms with van der Waals surface area (Å²) in [4.78, 5) is 3.22. The summed E-state index contributed by atoms with van der Waals surface area (Å²) < 4.78 is 0. The molecule has 2 rings (SSSR count). The number of hydrogen-bond acceptors (Lipinski definition) is 0. The summed E-state index contributed by atoms with van der Waals surface area (Å²) in [6.07, 6.45) is 1.78. The largest absolute Gasteiger partial charge is 0.340 e. The summed E-state index contributed by atoms with van der Waals surface area (Å²) in [5.74, 6) is 0.918. The molecule has 1 N–H and O–H groups in total. The number of aromatic amines is 1. The van der Waals surface area contributed by atoms with Gasteiger partial charge >= 0.3 is 0 Å². The molecule has 1 aromatic heterocycles. The van der Waals surface area contributed by atoms with Crippen LogP contribution in [0.2, 0.25) is 0 Å². The van der Waals surface area contributed by atoms with Gasteiger partial charge in [-0.1, -0.05) is 24.3 Å². The summed E-state index contributed by atoms with van der Waals surface area (Å²) in [6.45, 7) is 4.28. The number of nitrogens with zero attached hydrogens (tertiary/aromatic N) is 1. The number of nitrogens with one attached hydrogen (secondary N) is 1. The van der Waals surface area contributed by atoms with Crippen molar-refractivity contribution in [2.45, 2.75) is 0 Å². The van der Waals surface area contributed by atoms with E-state index < -0.39 is 0 Å². The number of rotatable bonds is 3. The molecule has 13 heavy (non-hydrogen) atoms. The van der Waals surface area contributed by atoms with Crippen LogP contribution in [0, 0.1) is 0 Å². The van der Waals surface area contributed by atoms with E-state index in [0.717, 1.165) is 11.3 Å². The number of hydrogen-bond donors (Lipinski definition) is 1. The molecular formula is C11H11N2. The zero-order valence-electron chi connectivity index (χ0n) is 7.33. The molecule has 0 saturated heterocycles. The maximum Gasteiger partial charge on any atom is 0.126 e. The normalized spacial score (nSPS) is 10.2. The molecule has 0 aliphatic heterocycles. The van der Waals surface area contributed by atoms with E-state index in [9.17, 15) is 0 Å². The number of H-pyrrole nitrogens is 1. The Morgan fingerprint density at radius 3 is 3.00 bits per heavy atom. The Balaban J connectivity index is 2.32. The van der Waals surface area contributed by atoms with Crippen LogP contribution in [0.5, 0.6) is 0 Å². The molecule has 1 heterocycles. The Hall–Kier alpha value is -1.70. The van der Waals surface area contributed by atoms with Crippen molar-refractivity contribution in [3.8, 4) is 0 Å². The first-order valence-electron chi connectivity index (χ1n) is 4.26. The molecule has 0 atom stereocenters. The first-order valence-corrected chi connectivity index (χ1v) is 4.26. The average molecular weight is 171 g/mol. The lowest BCUT2D eigenvalue weighted by Crippen LogP contribution is -1.95. The van der Waals surface area contributed by atoms with E-state index in [2.05, 4.69) is 22.9 Å². The minimum atomic E-state index is 0.660. The Labute approximate surface area is 77.3 Å². The highest BCUT2D eigenvalue weighted by molar-refractivity contribution is 5.82. The highest BCUT2D eigenvalue weighted by Crippen LogP contribution is 2.17. The van der Waals surface area contributed by atoms with Gasteiger partial charge in [-0.25, -0.2) is 0 Å². The Morgan fingerprint density at radius 2 is 2.23 bits per heavy atom. The molecule has 2 nitrogen and oxygen atoms in total. The molecule has 0 bridgehead atoms. The summed E-state index contributed by atoms with van der Waals surface area (Å²) in [5.41, 5.74) is 1.13. The van der Waals surface area contributed by atoms with Gasteiger partial charge in [0, 0.05) is 10.9 Å². The van der Waals surface area contributed by atoms with E-state index in [0.29, 0.717) is 6.54 Å². The third kappa shape index (κ3) is 1.56. The molecule has 0 fully saturated rings. The van der Waals surface area contributed by atoms with Crippen molar-refractivity contribution in [1.29, 1.82) is 0 Å². The average Bonchev–Trinajstić information content (AvgIpc) is 2.57. The topological polar surface area (TPSA) is 29.9 Å². The first-order chi connectivity index (χ1) is 6.40. The molecule has 0 amide bonds. The van der Waals surface area contributed by atoms with E-state index in [1.54, 1.807) is 6.08 Å². The van der Waals surface area contributed by atoms with Gasteiger partial charge in [0.25, 0.3) is 0 Å². The zero-order chi connectivity index (χ0) is 9.10. The summed E-state index contributed by atoms with van der Waals surface area (Å²) >= 11 is 0. The van der Waals surface area contributed by atoms with Gasteiger partial charge in [0.2, 0.25) is 0 Å². The molecule has 0 unspecified atom stereocenters. The van der Waals surface area contributed by atoms with Crippen LogP contribution < -0.4 is 5.32 Å². The van der Waals surface area contributed by atoms with Crippen molar-refractivity contribution >= 4 is 16.7 Å². The summed E-state index contributed by atoms with van der Waals surface area (Å²) in [5, 5.41) is 5.49. The molecule has 2 heteroatoms. The molecule has 1 aromatic carbocycles. The molecule has 2 aromatic rings. The van der Waals surface area contributed by atoms with E-state index in [-0.39, 0.29) is 0 Å². The van der Waals surface area contributed by atoms with Crippen LogP contribution in [0.1, 0.15) is 0 Å². The molecule has 0 aliphatic rings. The van der Waals surface area contributed by atoms with Gasteiger partial charge in [0.15, 0.2) is 0 Å². The maximum atomic E-state index is 4.29. The third-order valence-electron chi connectivity index (χ3n) is 1.91. The first kappa shape index (κ1) is 7.92. The van der Waals surface area contributed by atoms with E-state index in [4.69, 9.17) is 0 Å². The van der Waals surface area contributed by atoms with E-state index in [1.807, 2.05) is 24.3 Å². The molecule has 0 aliphatic carbocycles. The lowest BCUT2D eigenvalue weighted by molar-refractivity contribution is 0.952. The fourth-order valence-corrected chi connectivity index (χ4v) is 1.31. The van der Waals surface area contributed by atoms with Crippen molar-refractivity contribution in [1.82, 2.24) is 10.3 Å². The van der Waals surface area contributed by atoms with Crippen molar-refractivity contribution in [3.05, 3.63) is 43.0 Å². The van der Waals surface area contributed by atoms with Crippen LogP contribution in [0.25, 0.3) is 10.9 Å². The fraction of sp³-hybridized carbons (Fsp3) is 0.0909. The van der Waals surface area contributed by atoms with Crippen molar-refractivity contribution in [2.75, 3.05) is 6.54 Å². The third-order valence-corrected chi connectivity index (χ3v) is 1.91. The van der Waals surface area contributed by atoms with Crippen LogP contribution >= 0.6 is 0 Å².